The molecule has 3 N–H and O–H groups in total. The molecular weight excluding hydrogens is 128 g/mol. The average Bonchev–Trinajstić information content (AvgIpc) is 1.84. The van der Waals surface area contributed by atoms with Crippen LogP contribution in [0.15, 0.2) is 12.3 Å². The molecule has 1 heterocycles. The highest BCUT2D eigenvalue weighted by Crippen LogP contribution is 2.06. The van der Waals surface area contributed by atoms with Gasteiger partial charge >= 0.3 is 0 Å². The molecule has 10 heavy (non-hydrogen) atoms. The van der Waals surface area contributed by atoms with Crippen molar-refractivity contribution in [2.75, 3.05) is 5.73 Å². The Bertz CT molecular complexity index is 208. The molecule has 0 atom stereocenters. The summed E-state index contributed by atoms with van der Waals surface area (Å²) < 4.78 is 1.06. The van der Waals surface area contributed by atoms with Gasteiger partial charge in [-0.25, -0.2) is 0 Å². The number of nitrogen functional groups attached to an aromatic ring is 1. The molecule has 0 aliphatic heterocycles. The number of nitrogens with zero attached hydrogens (tertiary/aromatic N) is 1. The fourth-order valence-corrected chi connectivity index (χ4v) is 0.765. The Labute approximate surface area is 59.7 Å². The van der Waals surface area contributed by atoms with Crippen molar-refractivity contribution in [2.45, 2.75) is 13.8 Å². The van der Waals surface area contributed by atoms with Gasteiger partial charge in [0, 0.05) is 29.0 Å². The second kappa shape index (κ2) is 2.17. The van der Waals surface area contributed by atoms with E-state index in [1.54, 1.807) is 19.2 Å². The summed E-state index contributed by atoms with van der Waals surface area (Å²) in [5, 5.41) is 9.09. The lowest BCUT2D eigenvalue weighted by atomic mass is 10.2. The maximum atomic E-state index is 9.09. The van der Waals surface area contributed by atoms with Crippen LogP contribution < -0.4 is 10.5 Å². The lowest BCUT2D eigenvalue weighted by Crippen LogP contribution is -2.33. The van der Waals surface area contributed by atoms with E-state index in [2.05, 4.69) is 0 Å². The maximum Gasteiger partial charge on any atom is 0.233 e. The Balaban J connectivity index is 3.28. The third-order valence-electron chi connectivity index (χ3n) is 1.50. The number of hydrogen-bond donors (Lipinski definition) is 2. The van der Waals surface area contributed by atoms with E-state index in [4.69, 9.17) is 10.9 Å². The molecule has 1 rings (SSSR count). The minimum absolute atomic E-state index is 0.711. The smallest absolute Gasteiger partial charge is 0.233 e. The summed E-state index contributed by atoms with van der Waals surface area (Å²) >= 11 is 0. The predicted molar refractivity (Wildman–Crippen MR) is 37.7 cm³/mol. The van der Waals surface area contributed by atoms with Gasteiger partial charge in [-0.2, -0.15) is 0 Å². The fraction of sp³-hybridized carbons (Fsp3) is 0.286. The van der Waals surface area contributed by atoms with E-state index < -0.39 is 0 Å². The molecule has 0 aliphatic rings. The summed E-state index contributed by atoms with van der Waals surface area (Å²) in [5.74, 6) is 0. The van der Waals surface area contributed by atoms with Crippen molar-refractivity contribution in [1.82, 2.24) is 0 Å². The molecule has 0 aliphatic carbocycles. The van der Waals surface area contributed by atoms with Gasteiger partial charge in [-0.1, -0.05) is 0 Å². The van der Waals surface area contributed by atoms with Gasteiger partial charge in [0.2, 0.25) is 11.9 Å². The Morgan fingerprint density at radius 1 is 1.50 bits per heavy atom. The van der Waals surface area contributed by atoms with Gasteiger partial charge < -0.3 is 5.73 Å². The standard InChI is InChI=1S/C7H10N2O/c1-5-4-9(10)6(2)3-7(5)8/h3-4,8,10H,1-2H3/p+1. The van der Waals surface area contributed by atoms with Gasteiger partial charge in [0.05, 0.1) is 0 Å². The summed E-state index contributed by atoms with van der Waals surface area (Å²) in [7, 11) is 0. The highest BCUT2D eigenvalue weighted by Gasteiger charge is 2.06. The van der Waals surface area contributed by atoms with Crippen LogP contribution in [0.4, 0.5) is 5.69 Å². The van der Waals surface area contributed by atoms with Crippen LogP contribution in [0.1, 0.15) is 11.3 Å². The molecule has 0 unspecified atom stereocenters. The molecule has 0 amide bonds. The molecule has 0 aromatic carbocycles. The van der Waals surface area contributed by atoms with Crippen molar-refractivity contribution < 1.29 is 9.94 Å². The lowest BCUT2D eigenvalue weighted by Gasteiger charge is -1.95. The zero-order valence-electron chi connectivity index (χ0n) is 6.13. The van der Waals surface area contributed by atoms with Gasteiger partial charge in [0.15, 0.2) is 0 Å². The summed E-state index contributed by atoms with van der Waals surface area (Å²) in [6.07, 6.45) is 1.59. The van der Waals surface area contributed by atoms with Gasteiger partial charge in [-0.15, -0.1) is 0 Å². The molecule has 3 heteroatoms. The van der Waals surface area contributed by atoms with E-state index >= 15 is 0 Å². The van der Waals surface area contributed by atoms with E-state index in [1.807, 2.05) is 6.92 Å². The predicted octanol–water partition coefficient (Wildman–Crippen LogP) is 0.410. The van der Waals surface area contributed by atoms with Crippen molar-refractivity contribution in [3.05, 3.63) is 23.5 Å². The quantitative estimate of drug-likeness (QED) is 0.404. The summed E-state index contributed by atoms with van der Waals surface area (Å²) in [6, 6.07) is 1.73. The number of pyridine rings is 1. The van der Waals surface area contributed by atoms with Crippen LogP contribution in [-0.4, -0.2) is 5.21 Å². The first kappa shape index (κ1) is 6.86. The molecule has 0 saturated carbocycles. The van der Waals surface area contributed by atoms with Crippen LogP contribution >= 0.6 is 0 Å². The Hall–Kier alpha value is -1.25. The van der Waals surface area contributed by atoms with Crippen molar-refractivity contribution in [2.24, 2.45) is 0 Å². The normalized spacial score (nSPS) is 9.80. The number of aromatic nitrogens is 1. The molecule has 1 aromatic heterocycles. The van der Waals surface area contributed by atoms with E-state index in [9.17, 15) is 0 Å². The number of hydrogen-bond acceptors (Lipinski definition) is 2. The summed E-state index contributed by atoms with van der Waals surface area (Å²) in [5.41, 5.74) is 7.90. The second-order valence-corrected chi connectivity index (χ2v) is 2.40. The molecule has 0 bridgehead atoms. The molecule has 0 saturated heterocycles. The van der Waals surface area contributed by atoms with E-state index in [-0.39, 0.29) is 0 Å². The molecule has 0 radical (unpaired) electrons. The number of nitrogens with two attached hydrogens (primary N) is 1. The monoisotopic (exact) mass is 139 g/mol. The van der Waals surface area contributed by atoms with Crippen LogP contribution in [0.3, 0.4) is 0 Å². The molecule has 54 valence electrons. The van der Waals surface area contributed by atoms with Crippen molar-refractivity contribution in [3.8, 4) is 0 Å². The Morgan fingerprint density at radius 3 is 2.60 bits per heavy atom. The van der Waals surface area contributed by atoms with E-state index in [1.165, 1.54) is 0 Å². The van der Waals surface area contributed by atoms with Crippen molar-refractivity contribution in [3.63, 3.8) is 0 Å². The van der Waals surface area contributed by atoms with Crippen LogP contribution in [0.5, 0.6) is 0 Å². The van der Waals surface area contributed by atoms with Crippen LogP contribution in [0.2, 0.25) is 0 Å². The molecular formula is C7H11N2O+. The lowest BCUT2D eigenvalue weighted by molar-refractivity contribution is -0.908. The number of rotatable bonds is 0. The SMILES string of the molecule is Cc1c[n+](O)c(C)cc1N. The highest BCUT2D eigenvalue weighted by atomic mass is 16.5. The largest absolute Gasteiger partial charge is 0.398 e. The zero-order valence-corrected chi connectivity index (χ0v) is 6.13. The fourth-order valence-electron chi connectivity index (χ4n) is 0.765. The first-order valence-electron chi connectivity index (χ1n) is 3.09. The van der Waals surface area contributed by atoms with E-state index in [0.29, 0.717) is 5.69 Å². The van der Waals surface area contributed by atoms with Crippen LogP contribution in [0.25, 0.3) is 0 Å². The number of aryl methyl sites for hydroxylation is 2. The van der Waals surface area contributed by atoms with Crippen LogP contribution in [0, 0.1) is 13.8 Å². The van der Waals surface area contributed by atoms with Crippen molar-refractivity contribution in [1.29, 1.82) is 0 Å². The average molecular weight is 139 g/mol. The second-order valence-electron chi connectivity index (χ2n) is 2.40. The maximum absolute atomic E-state index is 9.09. The molecule has 1 aromatic rings. The van der Waals surface area contributed by atoms with Gasteiger partial charge in [-0.05, 0) is 6.92 Å². The minimum Gasteiger partial charge on any atom is -0.398 e. The summed E-state index contributed by atoms with van der Waals surface area (Å²) in [4.78, 5) is 0. The molecule has 0 spiro atoms. The van der Waals surface area contributed by atoms with Gasteiger partial charge in [-0.3, -0.25) is 5.21 Å². The minimum atomic E-state index is 0.711. The third-order valence-corrected chi connectivity index (χ3v) is 1.50. The van der Waals surface area contributed by atoms with Crippen molar-refractivity contribution >= 4 is 5.69 Å². The molecule has 3 nitrogen and oxygen atoms in total. The first-order chi connectivity index (χ1) is 4.61. The van der Waals surface area contributed by atoms with Gasteiger partial charge in [0.1, 0.15) is 0 Å². The molecule has 0 fully saturated rings. The first-order valence-corrected chi connectivity index (χ1v) is 3.09. The topological polar surface area (TPSA) is 50.1 Å². The van der Waals surface area contributed by atoms with Crippen LogP contribution in [-0.2, 0) is 0 Å². The van der Waals surface area contributed by atoms with Gasteiger partial charge in [0.25, 0.3) is 0 Å². The zero-order chi connectivity index (χ0) is 7.72. The Morgan fingerprint density at radius 2 is 2.10 bits per heavy atom. The number of anilines is 1. The van der Waals surface area contributed by atoms with E-state index in [0.717, 1.165) is 16.0 Å². The summed E-state index contributed by atoms with van der Waals surface area (Å²) in [6.45, 7) is 3.64. The Kier molecular flexibility index (Phi) is 1.49. The highest BCUT2D eigenvalue weighted by molar-refractivity contribution is 5.43. The third kappa shape index (κ3) is 1.03.